The number of carbonyl (C=O) groups is 2. The van der Waals surface area contributed by atoms with Crippen LogP contribution in [0.15, 0.2) is 36.7 Å². The Morgan fingerprint density at radius 1 is 1.22 bits per heavy atom. The summed E-state index contributed by atoms with van der Waals surface area (Å²) in [6.07, 6.45) is 2.72. The van der Waals surface area contributed by atoms with Crippen molar-refractivity contribution in [1.82, 2.24) is 9.38 Å². The first-order valence-electron chi connectivity index (χ1n) is 8.62. The highest BCUT2D eigenvalue weighted by Gasteiger charge is 2.43. The largest absolute Gasteiger partial charge is 0.478 e. The molecule has 27 heavy (non-hydrogen) atoms. The molecule has 1 aliphatic carbocycles. The maximum Gasteiger partial charge on any atom is 0.335 e. The van der Waals surface area contributed by atoms with Crippen LogP contribution in [0.2, 0.25) is 0 Å². The van der Waals surface area contributed by atoms with Gasteiger partial charge in [0.15, 0.2) is 5.82 Å². The van der Waals surface area contributed by atoms with Gasteiger partial charge in [-0.25, -0.2) is 14.2 Å². The first-order chi connectivity index (χ1) is 12.8. The number of anilines is 1. The van der Waals surface area contributed by atoms with Crippen LogP contribution in [0.1, 0.15) is 27.9 Å². The van der Waals surface area contributed by atoms with E-state index in [-0.39, 0.29) is 17.9 Å². The van der Waals surface area contributed by atoms with Crippen LogP contribution < -0.4 is 5.32 Å². The lowest BCUT2D eigenvalue weighted by molar-refractivity contribution is -0.117. The number of carbonyl (C=O) groups excluding carboxylic acids is 1. The van der Waals surface area contributed by atoms with Crippen LogP contribution in [0.25, 0.3) is 16.8 Å². The number of aromatic nitrogens is 2. The normalized spacial score (nSPS) is 18.5. The number of aryl methyl sites for hydroxylation is 1. The van der Waals surface area contributed by atoms with E-state index in [1.165, 1.54) is 0 Å². The number of nitrogens with one attached hydrogen (secondary N) is 1. The summed E-state index contributed by atoms with van der Waals surface area (Å²) in [5.41, 5.74) is 4.26. The molecule has 0 aliphatic heterocycles. The monoisotopic (exact) mass is 367 g/mol. The standard InChI is InChI=1S/C20H18FN3O3/c1-10-3-5-13(20(26)27)11(2)18(10)12-4-6-17-22-16(9-24(17)8-12)23-19(25)14-7-15(14)21/h3-6,8-9,14-15H,7H2,1-2H3,(H,23,25)(H,26,27). The first kappa shape index (κ1) is 17.2. The average molecular weight is 367 g/mol. The number of benzene rings is 1. The SMILES string of the molecule is Cc1ccc(C(=O)O)c(C)c1-c1ccc2nc(NC(=O)C3CC3F)cn2c1. The Morgan fingerprint density at radius 3 is 2.63 bits per heavy atom. The van der Waals surface area contributed by atoms with Gasteiger partial charge in [-0.05, 0) is 60.7 Å². The van der Waals surface area contributed by atoms with E-state index in [9.17, 15) is 19.1 Å². The summed E-state index contributed by atoms with van der Waals surface area (Å²) in [5.74, 6) is -1.53. The van der Waals surface area contributed by atoms with Crippen molar-refractivity contribution in [3.8, 4) is 11.1 Å². The number of carboxylic acid groups (broad SMARTS) is 1. The number of fused-ring (bicyclic) bond motifs is 1. The van der Waals surface area contributed by atoms with E-state index in [0.29, 0.717) is 17.0 Å². The summed E-state index contributed by atoms with van der Waals surface area (Å²) >= 11 is 0. The number of imidazole rings is 1. The summed E-state index contributed by atoms with van der Waals surface area (Å²) < 4.78 is 14.8. The van der Waals surface area contributed by atoms with Crippen LogP contribution in [0.5, 0.6) is 0 Å². The maximum absolute atomic E-state index is 13.0. The van der Waals surface area contributed by atoms with Gasteiger partial charge < -0.3 is 14.8 Å². The van der Waals surface area contributed by atoms with Crippen LogP contribution >= 0.6 is 0 Å². The quantitative estimate of drug-likeness (QED) is 0.738. The Morgan fingerprint density at radius 2 is 1.96 bits per heavy atom. The minimum Gasteiger partial charge on any atom is -0.478 e. The van der Waals surface area contributed by atoms with E-state index in [0.717, 1.165) is 16.7 Å². The summed E-state index contributed by atoms with van der Waals surface area (Å²) in [4.78, 5) is 27.6. The number of nitrogens with zero attached hydrogens (tertiary/aromatic N) is 2. The molecule has 2 N–H and O–H groups in total. The van der Waals surface area contributed by atoms with E-state index in [2.05, 4.69) is 10.3 Å². The third-order valence-corrected chi connectivity index (χ3v) is 4.94. The fraction of sp³-hybridized carbons (Fsp3) is 0.250. The molecule has 0 saturated heterocycles. The molecule has 1 aliphatic rings. The number of rotatable bonds is 4. The van der Waals surface area contributed by atoms with Gasteiger partial charge in [0.2, 0.25) is 5.91 Å². The lowest BCUT2D eigenvalue weighted by Gasteiger charge is -2.13. The molecule has 1 amide bonds. The number of carboxylic acids is 1. The molecule has 2 heterocycles. The van der Waals surface area contributed by atoms with E-state index >= 15 is 0 Å². The Kier molecular flexibility index (Phi) is 3.95. The highest BCUT2D eigenvalue weighted by Crippen LogP contribution is 2.35. The second-order valence-electron chi connectivity index (χ2n) is 6.89. The van der Waals surface area contributed by atoms with Gasteiger partial charge in [0, 0.05) is 6.20 Å². The number of aromatic carboxylic acids is 1. The zero-order valence-corrected chi connectivity index (χ0v) is 14.9. The van der Waals surface area contributed by atoms with E-state index in [4.69, 9.17) is 0 Å². The Bertz CT molecular complexity index is 1090. The number of alkyl halides is 1. The molecule has 1 saturated carbocycles. The van der Waals surface area contributed by atoms with Crippen molar-refractivity contribution in [3.63, 3.8) is 0 Å². The third kappa shape index (κ3) is 3.05. The van der Waals surface area contributed by atoms with E-state index < -0.39 is 18.1 Å². The minimum absolute atomic E-state index is 0.263. The van der Waals surface area contributed by atoms with Gasteiger partial charge in [-0.2, -0.15) is 0 Å². The Balaban J connectivity index is 1.71. The number of hydrogen-bond acceptors (Lipinski definition) is 3. The van der Waals surface area contributed by atoms with Gasteiger partial charge in [-0.15, -0.1) is 0 Å². The summed E-state index contributed by atoms with van der Waals surface area (Å²) in [6.45, 7) is 3.72. The van der Waals surface area contributed by atoms with Crippen molar-refractivity contribution in [2.45, 2.75) is 26.4 Å². The molecule has 6 nitrogen and oxygen atoms in total. The molecule has 0 spiro atoms. The molecule has 138 valence electrons. The van der Waals surface area contributed by atoms with Crippen molar-refractivity contribution >= 4 is 23.3 Å². The van der Waals surface area contributed by atoms with Crippen LogP contribution in [0, 0.1) is 19.8 Å². The van der Waals surface area contributed by atoms with Crippen LogP contribution in [0.4, 0.5) is 10.2 Å². The molecule has 2 unspecified atom stereocenters. The smallest absolute Gasteiger partial charge is 0.335 e. The molecule has 3 aromatic rings. The molecule has 2 aromatic heterocycles. The fourth-order valence-electron chi connectivity index (χ4n) is 3.38. The number of halogens is 1. The zero-order chi connectivity index (χ0) is 19.3. The van der Waals surface area contributed by atoms with Crippen molar-refractivity contribution in [2.24, 2.45) is 5.92 Å². The summed E-state index contributed by atoms with van der Waals surface area (Å²) in [5, 5.41) is 12.0. The van der Waals surface area contributed by atoms with Crippen molar-refractivity contribution in [2.75, 3.05) is 5.32 Å². The highest BCUT2D eigenvalue weighted by atomic mass is 19.1. The predicted molar refractivity (Wildman–Crippen MR) is 98.7 cm³/mol. The first-order valence-corrected chi connectivity index (χ1v) is 8.62. The zero-order valence-electron chi connectivity index (χ0n) is 14.9. The molecule has 4 rings (SSSR count). The Labute approximate surface area is 154 Å². The lowest BCUT2D eigenvalue weighted by atomic mass is 9.93. The Hall–Kier alpha value is -3.22. The fourth-order valence-corrected chi connectivity index (χ4v) is 3.38. The van der Waals surface area contributed by atoms with Gasteiger partial charge in [-0.3, -0.25) is 4.79 Å². The van der Waals surface area contributed by atoms with E-state index in [1.807, 2.05) is 19.2 Å². The predicted octanol–water partition coefficient (Wildman–Crippen LogP) is 3.61. The molecule has 1 aromatic carbocycles. The molecule has 0 bridgehead atoms. The molecule has 1 fully saturated rings. The molecule has 0 radical (unpaired) electrons. The third-order valence-electron chi connectivity index (χ3n) is 4.94. The summed E-state index contributed by atoms with van der Waals surface area (Å²) in [6, 6.07) is 7.06. The summed E-state index contributed by atoms with van der Waals surface area (Å²) in [7, 11) is 0. The number of hydrogen-bond donors (Lipinski definition) is 2. The van der Waals surface area contributed by atoms with Crippen LogP contribution in [-0.4, -0.2) is 32.5 Å². The van der Waals surface area contributed by atoms with Gasteiger partial charge >= 0.3 is 5.97 Å². The number of amides is 1. The van der Waals surface area contributed by atoms with Gasteiger partial charge in [0.25, 0.3) is 0 Å². The molecular formula is C20H18FN3O3. The van der Waals surface area contributed by atoms with E-state index in [1.54, 1.807) is 35.7 Å². The maximum atomic E-state index is 13.0. The van der Waals surface area contributed by atoms with Crippen LogP contribution in [-0.2, 0) is 4.79 Å². The molecule has 2 atom stereocenters. The van der Waals surface area contributed by atoms with Gasteiger partial charge in [0.1, 0.15) is 11.8 Å². The second-order valence-corrected chi connectivity index (χ2v) is 6.89. The van der Waals surface area contributed by atoms with Crippen molar-refractivity contribution in [1.29, 1.82) is 0 Å². The van der Waals surface area contributed by atoms with Gasteiger partial charge in [-0.1, -0.05) is 6.07 Å². The van der Waals surface area contributed by atoms with Crippen molar-refractivity contribution in [3.05, 3.63) is 53.3 Å². The molecular weight excluding hydrogens is 349 g/mol. The number of pyridine rings is 1. The van der Waals surface area contributed by atoms with Crippen molar-refractivity contribution < 1.29 is 19.1 Å². The lowest BCUT2D eigenvalue weighted by Crippen LogP contribution is -2.15. The second kappa shape index (κ2) is 6.19. The minimum atomic E-state index is -1.05. The average Bonchev–Trinajstić information content (AvgIpc) is 3.20. The van der Waals surface area contributed by atoms with Crippen LogP contribution in [0.3, 0.4) is 0 Å². The van der Waals surface area contributed by atoms with Gasteiger partial charge in [0.05, 0.1) is 17.7 Å². The highest BCUT2D eigenvalue weighted by molar-refractivity contribution is 5.94. The topological polar surface area (TPSA) is 83.7 Å². The molecule has 7 heteroatoms.